The van der Waals surface area contributed by atoms with Crippen molar-refractivity contribution < 1.29 is 34.0 Å². The molecule has 0 aromatic heterocycles. The summed E-state index contributed by atoms with van der Waals surface area (Å²) in [5.74, 6) is -0.347. The number of hydrogen-bond donors (Lipinski definition) is 2. The van der Waals surface area contributed by atoms with Crippen molar-refractivity contribution in [2.24, 2.45) is 17.3 Å². The molecule has 2 aromatic carbocycles. The maximum Gasteiger partial charge on any atom is 0.336 e. The van der Waals surface area contributed by atoms with E-state index in [0.29, 0.717) is 49.6 Å². The Morgan fingerprint density at radius 3 is 2.22 bits per heavy atom. The van der Waals surface area contributed by atoms with Crippen LogP contribution in [-0.4, -0.2) is 58.6 Å². The lowest BCUT2D eigenvalue weighted by Gasteiger charge is -2.63. The van der Waals surface area contributed by atoms with E-state index in [0.717, 1.165) is 55.2 Å². The predicted molar refractivity (Wildman–Crippen MR) is 197 cm³/mol. The highest BCUT2D eigenvalue weighted by atomic mass is 31.1. The molecule has 2 heterocycles. The zero-order chi connectivity index (χ0) is 35.3. The molecular weight excluding hydrogens is 647 g/mol. The van der Waals surface area contributed by atoms with Crippen LogP contribution < -0.4 is 0 Å². The molecule has 0 bridgehead atoms. The van der Waals surface area contributed by atoms with Crippen molar-refractivity contribution >= 4 is 13.9 Å². The lowest BCUT2D eigenvalue weighted by atomic mass is 9.62. The molecule has 6 rings (SSSR count). The van der Waals surface area contributed by atoms with E-state index in [9.17, 15) is 15.0 Å². The molecule has 0 radical (unpaired) electrons. The predicted octanol–water partition coefficient (Wildman–Crippen LogP) is 8.62. The lowest BCUT2D eigenvalue weighted by Crippen LogP contribution is -2.55. The fraction of sp³-hybridized carbons (Fsp3) is 0.595. The van der Waals surface area contributed by atoms with Crippen LogP contribution in [0.3, 0.4) is 0 Å². The molecule has 8 heteroatoms. The van der Waals surface area contributed by atoms with Crippen LogP contribution in [0, 0.1) is 17.3 Å². The van der Waals surface area contributed by atoms with E-state index in [2.05, 4.69) is 45.9 Å². The van der Waals surface area contributed by atoms with E-state index in [4.69, 9.17) is 18.9 Å². The van der Waals surface area contributed by atoms with Crippen molar-refractivity contribution in [1.82, 2.24) is 0 Å². The summed E-state index contributed by atoms with van der Waals surface area (Å²) >= 11 is 0. The summed E-state index contributed by atoms with van der Waals surface area (Å²) < 4.78 is 23.5. The first-order valence-electron chi connectivity index (χ1n) is 18.6. The number of allylic oxidation sites excluding steroid dienone is 2. The minimum absolute atomic E-state index is 0.0515. The number of ether oxygens (including phenoxy) is 4. The van der Waals surface area contributed by atoms with Crippen LogP contribution in [0.15, 0.2) is 83.5 Å². The summed E-state index contributed by atoms with van der Waals surface area (Å²) in [6.07, 6.45) is 9.09. The van der Waals surface area contributed by atoms with Gasteiger partial charge in [-0.25, -0.2) is 4.79 Å². The topological polar surface area (TPSA) is 94.5 Å². The summed E-state index contributed by atoms with van der Waals surface area (Å²) in [5.41, 5.74) is 5.36. The average molecular weight is 705 g/mol. The number of benzene rings is 2. The highest BCUT2D eigenvalue weighted by Gasteiger charge is 2.64. The molecule has 2 aliphatic heterocycles. The maximum atomic E-state index is 13.8. The first-order chi connectivity index (χ1) is 24.1. The van der Waals surface area contributed by atoms with Crippen LogP contribution in [-0.2, 0) is 37.0 Å². The van der Waals surface area contributed by atoms with Gasteiger partial charge in [0, 0.05) is 5.57 Å². The number of carbonyl (C=O) groups is 1. The van der Waals surface area contributed by atoms with Crippen LogP contribution in [0.5, 0.6) is 0 Å². The quantitative estimate of drug-likeness (QED) is 0.0539. The first kappa shape index (κ1) is 37.4. The number of rotatable bonds is 13. The molecule has 0 amide bonds. The molecule has 4 fully saturated rings. The molecule has 0 spiro atoms. The van der Waals surface area contributed by atoms with Crippen LogP contribution in [0.4, 0.5) is 0 Å². The Kier molecular flexibility index (Phi) is 12.4. The van der Waals surface area contributed by atoms with E-state index < -0.39 is 25.8 Å². The Balaban J connectivity index is 1.14. The third kappa shape index (κ3) is 8.14. The fourth-order valence-corrected chi connectivity index (χ4v) is 14.5. The molecule has 2 saturated carbocycles. The molecule has 50 heavy (non-hydrogen) atoms. The fourth-order valence-electron chi connectivity index (χ4n) is 9.76. The van der Waals surface area contributed by atoms with Crippen molar-refractivity contribution in [1.29, 1.82) is 0 Å². The van der Waals surface area contributed by atoms with E-state index in [1.807, 2.05) is 48.5 Å². The van der Waals surface area contributed by atoms with Gasteiger partial charge in [-0.2, -0.15) is 0 Å². The van der Waals surface area contributed by atoms with Crippen molar-refractivity contribution in [3.63, 3.8) is 0 Å². The SMILES string of the molecule is CC(C)=CCC/C(C(=O)OCOCc1ccccc1)=C1/C(O)CC2(C)C1CCC1P2C(O)CC2C[C@H](OCOCc3ccccc3)CCC21C. The van der Waals surface area contributed by atoms with Gasteiger partial charge < -0.3 is 29.2 Å². The Hall–Kier alpha value is -2.38. The van der Waals surface area contributed by atoms with Gasteiger partial charge in [-0.05, 0) is 116 Å². The number of aliphatic hydroxyl groups is 2. The molecule has 7 nitrogen and oxygen atoms in total. The summed E-state index contributed by atoms with van der Waals surface area (Å²) in [5, 5.41) is 23.6. The molecule has 4 aliphatic rings. The zero-order valence-corrected chi connectivity index (χ0v) is 31.3. The van der Waals surface area contributed by atoms with Crippen LogP contribution >= 0.6 is 7.92 Å². The second-order valence-corrected chi connectivity index (χ2v) is 18.8. The normalized spacial score (nSPS) is 34.2. The molecule has 8 unspecified atom stereocenters. The highest BCUT2D eigenvalue weighted by molar-refractivity contribution is 7.60. The third-order valence-corrected chi connectivity index (χ3v) is 16.3. The number of carbonyl (C=O) groups excluding carboxylic acids is 1. The average Bonchev–Trinajstić information content (AvgIpc) is 3.37. The standard InChI is InChI=1S/C42H57O7P/c1-29(2)12-11-17-34(40(45)49-28-47-26-31-15-9-6-10-16-31)39-35-18-19-37-41(3)21-20-33(48-27-46-25-30-13-7-5-8-14-30)22-32(41)23-38(44)50(37)42(35,4)24-36(39)43/h5-10,12-16,32-33,35-38,43-44H,11,17-28H2,1-4H3/b39-34-/t32?,33-,35?,36?,37?,38?,41?,42?,50?/m1/s1. The number of fused-ring (bicyclic) bond motifs is 5. The van der Waals surface area contributed by atoms with E-state index >= 15 is 0 Å². The second kappa shape index (κ2) is 16.5. The Bertz CT molecular complexity index is 1490. The summed E-state index contributed by atoms with van der Waals surface area (Å²) in [4.78, 5) is 13.8. The smallest absolute Gasteiger partial charge is 0.336 e. The monoisotopic (exact) mass is 704 g/mol. The van der Waals surface area contributed by atoms with Crippen molar-refractivity contribution in [2.75, 3.05) is 13.6 Å². The van der Waals surface area contributed by atoms with Gasteiger partial charge in [0.2, 0.25) is 0 Å². The van der Waals surface area contributed by atoms with Gasteiger partial charge in [-0.15, -0.1) is 0 Å². The van der Waals surface area contributed by atoms with Crippen molar-refractivity contribution in [2.45, 2.75) is 128 Å². The first-order valence-corrected chi connectivity index (χ1v) is 20.1. The maximum absolute atomic E-state index is 13.8. The van der Waals surface area contributed by atoms with E-state index in [-0.39, 0.29) is 36.2 Å². The van der Waals surface area contributed by atoms with Gasteiger partial charge in [-0.1, -0.05) is 94.1 Å². The molecule has 9 atom stereocenters. The number of aliphatic hydroxyl groups excluding tert-OH is 2. The van der Waals surface area contributed by atoms with E-state index in [1.54, 1.807) is 0 Å². The lowest BCUT2D eigenvalue weighted by molar-refractivity contribution is -0.152. The minimum atomic E-state index is -0.828. The van der Waals surface area contributed by atoms with Gasteiger partial charge in [-0.3, -0.25) is 0 Å². The van der Waals surface area contributed by atoms with E-state index in [1.165, 1.54) is 5.57 Å². The summed E-state index contributed by atoms with van der Waals surface area (Å²) in [6.45, 7) is 9.94. The van der Waals surface area contributed by atoms with Crippen LogP contribution in [0.25, 0.3) is 0 Å². The second-order valence-electron chi connectivity index (χ2n) is 15.7. The molecule has 2 saturated heterocycles. The molecule has 272 valence electrons. The van der Waals surface area contributed by atoms with Crippen LogP contribution in [0.1, 0.15) is 96.6 Å². The Morgan fingerprint density at radius 2 is 1.56 bits per heavy atom. The van der Waals surface area contributed by atoms with Crippen molar-refractivity contribution in [3.8, 4) is 0 Å². The largest absolute Gasteiger partial charge is 0.435 e. The van der Waals surface area contributed by atoms with Gasteiger partial charge in [0.1, 0.15) is 6.79 Å². The molecule has 2 N–H and O–H groups in total. The Morgan fingerprint density at radius 1 is 0.900 bits per heavy atom. The third-order valence-electron chi connectivity index (χ3n) is 12.2. The van der Waals surface area contributed by atoms with Gasteiger partial charge in [0.05, 0.1) is 31.3 Å². The molecule has 2 aliphatic carbocycles. The number of hydrogen-bond acceptors (Lipinski definition) is 7. The van der Waals surface area contributed by atoms with Crippen LogP contribution in [0.2, 0.25) is 0 Å². The molecule has 2 aromatic rings. The van der Waals surface area contributed by atoms with Gasteiger partial charge in [0.25, 0.3) is 0 Å². The minimum Gasteiger partial charge on any atom is -0.435 e. The summed E-state index contributed by atoms with van der Waals surface area (Å²) in [7, 11) is -0.828. The highest BCUT2D eigenvalue weighted by Crippen LogP contribution is 2.78. The summed E-state index contributed by atoms with van der Waals surface area (Å²) in [6, 6.07) is 20.0. The Labute approximate surface area is 300 Å². The number of esters is 1. The van der Waals surface area contributed by atoms with Gasteiger partial charge in [0.15, 0.2) is 6.79 Å². The molecular formula is C42H57O7P. The van der Waals surface area contributed by atoms with Crippen molar-refractivity contribution in [3.05, 3.63) is 94.6 Å². The van der Waals surface area contributed by atoms with Gasteiger partial charge >= 0.3 is 5.97 Å². The zero-order valence-electron chi connectivity index (χ0n) is 30.4.